The molecule has 2 nitrogen and oxygen atoms in total. The van der Waals surface area contributed by atoms with E-state index < -0.39 is 0 Å². The summed E-state index contributed by atoms with van der Waals surface area (Å²) in [7, 11) is 0. The lowest BCUT2D eigenvalue weighted by Crippen LogP contribution is -1.96. The quantitative estimate of drug-likeness (QED) is 0.744. The van der Waals surface area contributed by atoms with Crippen molar-refractivity contribution in [2.45, 2.75) is 13.3 Å². The number of halogens is 1. The van der Waals surface area contributed by atoms with Crippen LogP contribution in [0.25, 0.3) is 0 Å². The number of aliphatic imine (C=N–C) groups is 1. The maximum atomic E-state index is 12.9. The van der Waals surface area contributed by atoms with Crippen molar-refractivity contribution in [1.29, 1.82) is 0 Å². The van der Waals surface area contributed by atoms with Gasteiger partial charge < -0.3 is 4.74 Å². The van der Waals surface area contributed by atoms with Crippen molar-refractivity contribution in [2.75, 3.05) is 0 Å². The monoisotopic (exact) mass is 217 g/mol. The van der Waals surface area contributed by atoms with Crippen LogP contribution in [0, 0.1) is 12.7 Å². The molecule has 0 bridgehead atoms. The molecule has 1 aliphatic heterocycles. The summed E-state index contributed by atoms with van der Waals surface area (Å²) in [6.45, 7) is 1.82. The number of hydrogen-bond donors (Lipinski definition) is 0. The fraction of sp³-hybridized carbons (Fsp3) is 0.154. The SMILES string of the molecule is Cc1cc(F)ccc1OC1=CC=NC=CC1. The molecule has 0 atom stereocenters. The van der Waals surface area contributed by atoms with Gasteiger partial charge in [-0.1, -0.05) is 6.08 Å². The molecule has 1 aliphatic rings. The largest absolute Gasteiger partial charge is 0.461 e. The molecule has 1 aromatic rings. The highest BCUT2D eigenvalue weighted by Crippen LogP contribution is 2.22. The van der Waals surface area contributed by atoms with Gasteiger partial charge in [-0.05, 0) is 36.8 Å². The van der Waals surface area contributed by atoms with Gasteiger partial charge in [0.1, 0.15) is 17.3 Å². The van der Waals surface area contributed by atoms with E-state index in [0.29, 0.717) is 12.2 Å². The topological polar surface area (TPSA) is 21.6 Å². The van der Waals surface area contributed by atoms with E-state index in [2.05, 4.69) is 4.99 Å². The molecule has 0 radical (unpaired) electrons. The summed E-state index contributed by atoms with van der Waals surface area (Å²) in [6.07, 6.45) is 7.82. The van der Waals surface area contributed by atoms with Crippen LogP contribution in [0.1, 0.15) is 12.0 Å². The van der Waals surface area contributed by atoms with Gasteiger partial charge in [0.2, 0.25) is 0 Å². The van der Waals surface area contributed by atoms with Gasteiger partial charge >= 0.3 is 0 Å². The minimum absolute atomic E-state index is 0.249. The Morgan fingerprint density at radius 1 is 1.38 bits per heavy atom. The second kappa shape index (κ2) is 4.75. The summed E-state index contributed by atoms with van der Waals surface area (Å²) in [5.41, 5.74) is 0.783. The number of ether oxygens (including phenoxy) is 1. The minimum Gasteiger partial charge on any atom is -0.461 e. The Morgan fingerprint density at radius 2 is 2.25 bits per heavy atom. The number of hydrogen-bond acceptors (Lipinski definition) is 2. The highest BCUT2D eigenvalue weighted by atomic mass is 19.1. The van der Waals surface area contributed by atoms with Gasteiger partial charge in [0.15, 0.2) is 0 Å². The molecule has 0 aromatic heterocycles. The average Bonchev–Trinajstić information content (AvgIpc) is 2.51. The number of aryl methyl sites for hydroxylation is 1. The smallest absolute Gasteiger partial charge is 0.130 e. The lowest BCUT2D eigenvalue weighted by Gasteiger charge is -2.09. The molecular formula is C13H12FNO. The van der Waals surface area contributed by atoms with Crippen LogP contribution in [0.15, 0.2) is 47.3 Å². The molecular weight excluding hydrogens is 205 g/mol. The lowest BCUT2D eigenvalue weighted by molar-refractivity contribution is 0.413. The zero-order valence-electron chi connectivity index (χ0n) is 8.98. The van der Waals surface area contributed by atoms with Crippen molar-refractivity contribution in [1.82, 2.24) is 0 Å². The molecule has 1 aromatic carbocycles. The Labute approximate surface area is 93.8 Å². The summed E-state index contributed by atoms with van der Waals surface area (Å²) in [4.78, 5) is 3.98. The molecule has 0 aliphatic carbocycles. The van der Waals surface area contributed by atoms with Crippen LogP contribution < -0.4 is 4.74 Å². The molecule has 0 unspecified atom stereocenters. The molecule has 3 heteroatoms. The molecule has 16 heavy (non-hydrogen) atoms. The standard InChI is InChI=1S/C13H12FNO/c1-10-9-11(14)4-5-13(10)16-12-3-2-7-15-8-6-12/h2,4-9H,3H2,1H3. The van der Waals surface area contributed by atoms with E-state index >= 15 is 0 Å². The zero-order chi connectivity index (χ0) is 11.4. The molecule has 0 N–H and O–H groups in total. The first kappa shape index (κ1) is 10.6. The van der Waals surface area contributed by atoms with Crippen LogP contribution >= 0.6 is 0 Å². The van der Waals surface area contributed by atoms with Crippen molar-refractivity contribution in [3.8, 4) is 5.75 Å². The third-order valence-electron chi connectivity index (χ3n) is 2.24. The molecule has 1 heterocycles. The van der Waals surface area contributed by atoms with E-state index in [1.54, 1.807) is 18.5 Å². The number of allylic oxidation sites excluding steroid dienone is 2. The van der Waals surface area contributed by atoms with E-state index in [9.17, 15) is 4.39 Å². The Kier molecular flexibility index (Phi) is 3.15. The minimum atomic E-state index is -0.249. The normalized spacial score (nSPS) is 14.5. The van der Waals surface area contributed by atoms with Crippen molar-refractivity contribution >= 4 is 6.21 Å². The van der Waals surface area contributed by atoms with Crippen LogP contribution in [-0.2, 0) is 0 Å². The number of benzene rings is 1. The Hall–Kier alpha value is -1.90. The predicted molar refractivity (Wildman–Crippen MR) is 62.1 cm³/mol. The number of nitrogens with zero attached hydrogens (tertiary/aromatic N) is 1. The van der Waals surface area contributed by atoms with Gasteiger partial charge in [0.05, 0.1) is 0 Å². The van der Waals surface area contributed by atoms with E-state index in [-0.39, 0.29) is 5.82 Å². The molecule has 0 saturated carbocycles. The van der Waals surface area contributed by atoms with Crippen LogP contribution in [0.3, 0.4) is 0 Å². The number of rotatable bonds is 2. The van der Waals surface area contributed by atoms with E-state index in [1.165, 1.54) is 12.1 Å². The average molecular weight is 217 g/mol. The molecule has 0 fully saturated rings. The zero-order valence-corrected chi connectivity index (χ0v) is 8.98. The summed E-state index contributed by atoms with van der Waals surface area (Å²) < 4.78 is 18.6. The summed E-state index contributed by atoms with van der Waals surface area (Å²) in [5.74, 6) is 1.23. The predicted octanol–water partition coefficient (Wildman–Crippen LogP) is 3.39. The second-order valence-electron chi connectivity index (χ2n) is 3.53. The molecule has 0 amide bonds. The summed E-state index contributed by atoms with van der Waals surface area (Å²) in [6, 6.07) is 4.48. The van der Waals surface area contributed by atoms with Gasteiger partial charge in [-0.15, -0.1) is 0 Å². The summed E-state index contributed by atoms with van der Waals surface area (Å²) in [5, 5.41) is 0. The first-order chi connectivity index (χ1) is 7.75. The first-order valence-corrected chi connectivity index (χ1v) is 5.07. The maximum absolute atomic E-state index is 12.9. The lowest BCUT2D eigenvalue weighted by atomic mass is 10.2. The Balaban J connectivity index is 2.17. The van der Waals surface area contributed by atoms with Crippen molar-refractivity contribution in [3.63, 3.8) is 0 Å². The highest BCUT2D eigenvalue weighted by molar-refractivity contribution is 5.73. The molecule has 2 rings (SSSR count). The fourth-order valence-corrected chi connectivity index (χ4v) is 1.42. The van der Waals surface area contributed by atoms with Crippen LogP contribution in [0.5, 0.6) is 5.75 Å². The maximum Gasteiger partial charge on any atom is 0.130 e. The molecule has 82 valence electrons. The third kappa shape index (κ3) is 2.57. The third-order valence-corrected chi connectivity index (χ3v) is 2.24. The fourth-order valence-electron chi connectivity index (χ4n) is 1.42. The van der Waals surface area contributed by atoms with Crippen molar-refractivity contribution < 1.29 is 9.13 Å². The van der Waals surface area contributed by atoms with Gasteiger partial charge in [-0.25, -0.2) is 4.39 Å². The first-order valence-electron chi connectivity index (χ1n) is 5.07. The van der Waals surface area contributed by atoms with Gasteiger partial charge in [-0.3, -0.25) is 4.99 Å². The van der Waals surface area contributed by atoms with Crippen LogP contribution in [0.4, 0.5) is 4.39 Å². The van der Waals surface area contributed by atoms with Gasteiger partial charge in [-0.2, -0.15) is 0 Å². The van der Waals surface area contributed by atoms with E-state index in [1.807, 2.05) is 19.1 Å². The second-order valence-corrected chi connectivity index (χ2v) is 3.53. The van der Waals surface area contributed by atoms with E-state index in [4.69, 9.17) is 4.74 Å². The van der Waals surface area contributed by atoms with E-state index in [0.717, 1.165) is 11.3 Å². The van der Waals surface area contributed by atoms with Crippen molar-refractivity contribution in [3.05, 3.63) is 53.7 Å². The van der Waals surface area contributed by atoms with Gasteiger partial charge in [0.25, 0.3) is 0 Å². The highest BCUT2D eigenvalue weighted by Gasteiger charge is 2.04. The summed E-state index contributed by atoms with van der Waals surface area (Å²) >= 11 is 0. The van der Waals surface area contributed by atoms with Crippen LogP contribution in [0.2, 0.25) is 0 Å². The molecule has 0 saturated heterocycles. The van der Waals surface area contributed by atoms with Crippen molar-refractivity contribution in [2.24, 2.45) is 4.99 Å². The van der Waals surface area contributed by atoms with Crippen LogP contribution in [-0.4, -0.2) is 6.21 Å². The molecule has 0 spiro atoms. The van der Waals surface area contributed by atoms with Gasteiger partial charge in [0, 0.05) is 18.8 Å². The Bertz CT molecular complexity index is 475. The Morgan fingerprint density at radius 3 is 3.06 bits per heavy atom.